The Balaban J connectivity index is 0.00000119. The fraction of sp³-hybridized carbons (Fsp3) is 0.588. The molecular formula is C17H29N3O6S. The van der Waals surface area contributed by atoms with E-state index in [4.69, 9.17) is 23.4 Å². The minimum Gasteiger partial charge on any atom is -0.748 e. The molecule has 3 N–H and O–H groups in total. The number of nitrogens with two attached hydrogens (primary N) is 1. The van der Waals surface area contributed by atoms with Gasteiger partial charge >= 0.3 is 5.97 Å². The first-order valence-electron chi connectivity index (χ1n) is 8.44. The van der Waals surface area contributed by atoms with Crippen molar-refractivity contribution in [2.24, 2.45) is 17.6 Å². The van der Waals surface area contributed by atoms with Gasteiger partial charge in [0.1, 0.15) is 5.56 Å². The minimum atomic E-state index is -3.92. The molecule has 1 aromatic rings. The van der Waals surface area contributed by atoms with Gasteiger partial charge in [0.2, 0.25) is 0 Å². The number of carbonyl (C=O) groups is 2. The van der Waals surface area contributed by atoms with Crippen molar-refractivity contribution in [3.8, 4) is 0 Å². The maximum absolute atomic E-state index is 11.9. The van der Waals surface area contributed by atoms with E-state index >= 15 is 0 Å². The molecule has 0 saturated heterocycles. The molecule has 0 aliphatic carbocycles. The quantitative estimate of drug-likeness (QED) is 0.353. The third-order valence-electron chi connectivity index (χ3n) is 3.32. The van der Waals surface area contributed by atoms with Crippen LogP contribution in [0.1, 0.15) is 37.0 Å². The van der Waals surface area contributed by atoms with Crippen LogP contribution in [0.2, 0.25) is 0 Å². The standard InChI is InChI=1S/C16H25N3O3.CH4O3S/c1-12(2)7-13(9-17)8-15(20)22-11-19-6-4-5-14(10-19)16(21)18-3;1-5(2,3)4/h4-6,10,12-13H,7-9,11,17H2,1-3H3;1H3,(H,2,3,4). The molecule has 10 heteroatoms. The minimum absolute atomic E-state index is 0.0860. The first-order chi connectivity index (χ1) is 12.5. The molecule has 0 spiro atoms. The molecule has 0 saturated carbocycles. The summed E-state index contributed by atoms with van der Waals surface area (Å²) in [4.78, 5) is 23.4. The van der Waals surface area contributed by atoms with Gasteiger partial charge in [0.05, 0.1) is 10.1 Å². The van der Waals surface area contributed by atoms with Gasteiger partial charge in [0, 0.05) is 25.8 Å². The van der Waals surface area contributed by atoms with Gasteiger partial charge in [-0.1, -0.05) is 13.8 Å². The Morgan fingerprint density at radius 3 is 2.44 bits per heavy atom. The highest BCUT2D eigenvalue weighted by molar-refractivity contribution is 7.84. The second-order valence-electron chi connectivity index (χ2n) is 6.47. The van der Waals surface area contributed by atoms with Crippen LogP contribution in [0.25, 0.3) is 0 Å². The predicted octanol–water partition coefficient (Wildman–Crippen LogP) is 0.00690. The van der Waals surface area contributed by atoms with Crippen LogP contribution in [0.15, 0.2) is 24.5 Å². The number of amides is 1. The lowest BCUT2D eigenvalue weighted by Crippen LogP contribution is -2.37. The van der Waals surface area contributed by atoms with Crippen LogP contribution in [0.5, 0.6) is 0 Å². The summed E-state index contributed by atoms with van der Waals surface area (Å²) in [7, 11) is -2.35. The summed E-state index contributed by atoms with van der Waals surface area (Å²) in [6.07, 6.45) is 5.22. The van der Waals surface area contributed by atoms with E-state index in [2.05, 4.69) is 19.2 Å². The molecule has 0 aromatic carbocycles. The summed E-state index contributed by atoms with van der Waals surface area (Å²) in [5.74, 6) is 0.199. The molecule has 0 fully saturated rings. The Kier molecular flexibility index (Phi) is 11.4. The molecule has 1 aromatic heterocycles. The van der Waals surface area contributed by atoms with E-state index in [0.717, 1.165) is 6.42 Å². The number of pyridine rings is 1. The number of hydrogen-bond donors (Lipinski definition) is 2. The van der Waals surface area contributed by atoms with E-state index in [1.807, 2.05) is 0 Å². The summed E-state index contributed by atoms with van der Waals surface area (Å²) in [5, 5.41) is 2.55. The Labute approximate surface area is 160 Å². The van der Waals surface area contributed by atoms with Gasteiger partial charge in [-0.2, -0.15) is 4.57 Å². The van der Waals surface area contributed by atoms with Crippen molar-refractivity contribution in [2.45, 2.75) is 33.4 Å². The first-order valence-corrected chi connectivity index (χ1v) is 10.3. The number of carbonyl (C=O) groups excluding carboxylic acids is 2. The summed E-state index contributed by atoms with van der Waals surface area (Å²) in [6.45, 7) is 4.78. The zero-order chi connectivity index (χ0) is 21.0. The number of ether oxygens (including phenoxy) is 1. The second-order valence-corrected chi connectivity index (χ2v) is 7.88. The SMILES string of the molecule is CNC(=O)c1ccc[n+](COC(=O)CC(CN)CC(C)C)c1.CS(=O)(=O)[O-]. The van der Waals surface area contributed by atoms with Crippen molar-refractivity contribution in [3.05, 3.63) is 30.1 Å². The van der Waals surface area contributed by atoms with E-state index in [1.165, 1.54) is 0 Å². The smallest absolute Gasteiger partial charge is 0.310 e. The largest absolute Gasteiger partial charge is 0.748 e. The zero-order valence-corrected chi connectivity index (χ0v) is 17.0. The molecule has 1 amide bonds. The highest BCUT2D eigenvalue weighted by Crippen LogP contribution is 2.14. The highest BCUT2D eigenvalue weighted by Gasteiger charge is 2.16. The topological polar surface area (TPSA) is 142 Å². The fourth-order valence-corrected chi connectivity index (χ4v) is 2.25. The molecule has 0 radical (unpaired) electrons. The molecule has 1 atom stereocenters. The summed E-state index contributed by atoms with van der Waals surface area (Å²) in [5.41, 5.74) is 6.20. The fourth-order valence-electron chi connectivity index (χ4n) is 2.25. The normalized spacial score (nSPS) is 12.0. The molecule has 154 valence electrons. The molecule has 27 heavy (non-hydrogen) atoms. The lowest BCUT2D eigenvalue weighted by atomic mass is 9.94. The molecular weight excluding hydrogens is 374 g/mol. The number of esters is 1. The maximum Gasteiger partial charge on any atom is 0.310 e. The number of aromatic nitrogens is 1. The molecule has 0 aliphatic rings. The van der Waals surface area contributed by atoms with Gasteiger partial charge in [-0.15, -0.1) is 0 Å². The second kappa shape index (κ2) is 12.4. The average molecular weight is 404 g/mol. The van der Waals surface area contributed by atoms with Crippen molar-refractivity contribution < 1.29 is 31.9 Å². The van der Waals surface area contributed by atoms with E-state index in [1.54, 1.807) is 36.1 Å². The Morgan fingerprint density at radius 2 is 1.96 bits per heavy atom. The molecule has 1 rings (SSSR count). The van der Waals surface area contributed by atoms with Gasteiger partial charge in [-0.3, -0.25) is 9.59 Å². The number of nitrogens with one attached hydrogen (secondary N) is 1. The Morgan fingerprint density at radius 1 is 1.37 bits per heavy atom. The lowest BCUT2D eigenvalue weighted by Gasteiger charge is -2.15. The molecule has 1 unspecified atom stereocenters. The third kappa shape index (κ3) is 13.8. The zero-order valence-electron chi connectivity index (χ0n) is 16.2. The van der Waals surface area contributed by atoms with Crippen LogP contribution in [-0.2, 0) is 26.4 Å². The van der Waals surface area contributed by atoms with Gasteiger partial charge in [0.15, 0.2) is 12.4 Å². The van der Waals surface area contributed by atoms with Crippen molar-refractivity contribution >= 4 is 22.0 Å². The van der Waals surface area contributed by atoms with E-state index in [0.29, 0.717) is 30.7 Å². The van der Waals surface area contributed by atoms with Crippen LogP contribution in [0.4, 0.5) is 0 Å². The van der Waals surface area contributed by atoms with Crippen molar-refractivity contribution in [1.29, 1.82) is 0 Å². The van der Waals surface area contributed by atoms with Crippen LogP contribution in [-0.4, -0.2) is 44.7 Å². The number of rotatable bonds is 8. The van der Waals surface area contributed by atoms with Crippen molar-refractivity contribution in [3.63, 3.8) is 0 Å². The van der Waals surface area contributed by atoms with Gasteiger partial charge in [0.25, 0.3) is 12.6 Å². The average Bonchev–Trinajstić information content (AvgIpc) is 2.57. The maximum atomic E-state index is 11.9. The number of hydrogen-bond acceptors (Lipinski definition) is 7. The van der Waals surface area contributed by atoms with Gasteiger partial charge < -0.3 is 20.3 Å². The molecule has 0 bridgehead atoms. The van der Waals surface area contributed by atoms with E-state index in [9.17, 15) is 9.59 Å². The summed E-state index contributed by atoms with van der Waals surface area (Å²) >= 11 is 0. The molecule has 9 nitrogen and oxygen atoms in total. The lowest BCUT2D eigenvalue weighted by molar-refractivity contribution is -0.727. The Hall–Kier alpha value is -2.04. The highest BCUT2D eigenvalue weighted by atomic mass is 32.2. The van der Waals surface area contributed by atoms with E-state index in [-0.39, 0.29) is 24.5 Å². The summed E-state index contributed by atoms with van der Waals surface area (Å²) in [6, 6.07) is 3.43. The van der Waals surface area contributed by atoms with Crippen LogP contribution in [0, 0.1) is 11.8 Å². The summed E-state index contributed by atoms with van der Waals surface area (Å²) < 4.78 is 34.1. The first kappa shape index (κ1) is 25.0. The van der Waals surface area contributed by atoms with Crippen LogP contribution < -0.4 is 15.6 Å². The monoisotopic (exact) mass is 403 g/mol. The van der Waals surface area contributed by atoms with Crippen molar-refractivity contribution in [1.82, 2.24) is 5.32 Å². The number of nitrogens with zero attached hydrogens (tertiary/aromatic N) is 1. The predicted molar refractivity (Wildman–Crippen MR) is 98.4 cm³/mol. The molecule has 0 aliphatic heterocycles. The van der Waals surface area contributed by atoms with Crippen molar-refractivity contribution in [2.75, 3.05) is 19.8 Å². The van der Waals surface area contributed by atoms with Crippen LogP contribution >= 0.6 is 0 Å². The van der Waals surface area contributed by atoms with Gasteiger partial charge in [-0.05, 0) is 30.9 Å². The Bertz CT molecular complexity index is 698. The van der Waals surface area contributed by atoms with E-state index < -0.39 is 10.1 Å². The van der Waals surface area contributed by atoms with Gasteiger partial charge in [-0.25, -0.2) is 8.42 Å². The third-order valence-corrected chi connectivity index (χ3v) is 3.32. The van der Waals surface area contributed by atoms with Crippen LogP contribution in [0.3, 0.4) is 0 Å². The molecule has 1 heterocycles.